The molecule has 0 unspecified atom stereocenters. The van der Waals surface area contributed by atoms with Crippen LogP contribution in [0, 0.1) is 11.6 Å². The summed E-state index contributed by atoms with van der Waals surface area (Å²) in [4.78, 5) is 11.9. The zero-order valence-electron chi connectivity index (χ0n) is 11.5. The van der Waals surface area contributed by atoms with E-state index >= 15 is 0 Å². The highest BCUT2D eigenvalue weighted by atomic mass is 19.1. The lowest BCUT2D eigenvalue weighted by Gasteiger charge is -2.16. The Morgan fingerprint density at radius 3 is 2.75 bits per heavy atom. The van der Waals surface area contributed by atoms with Crippen molar-refractivity contribution in [2.45, 2.75) is 44.8 Å². The molecule has 3 nitrogen and oxygen atoms in total. The maximum absolute atomic E-state index is 13.5. The van der Waals surface area contributed by atoms with Crippen LogP contribution in [-0.4, -0.2) is 24.7 Å². The minimum atomic E-state index is -0.839. The van der Waals surface area contributed by atoms with E-state index in [9.17, 15) is 13.6 Å². The van der Waals surface area contributed by atoms with Crippen LogP contribution in [0.5, 0.6) is 0 Å². The van der Waals surface area contributed by atoms with Crippen molar-refractivity contribution in [1.29, 1.82) is 0 Å². The first-order chi connectivity index (χ1) is 9.58. The molecule has 1 fully saturated rings. The van der Waals surface area contributed by atoms with Crippen LogP contribution in [0.3, 0.4) is 0 Å². The fourth-order valence-electron chi connectivity index (χ4n) is 2.39. The van der Waals surface area contributed by atoms with Crippen LogP contribution < -0.4 is 5.32 Å². The molecule has 1 amide bonds. The summed E-state index contributed by atoms with van der Waals surface area (Å²) < 4.78 is 32.4. The molecule has 2 atom stereocenters. The number of amides is 1. The van der Waals surface area contributed by atoms with E-state index in [1.807, 2.05) is 6.92 Å². The van der Waals surface area contributed by atoms with E-state index < -0.39 is 23.1 Å². The van der Waals surface area contributed by atoms with Crippen molar-refractivity contribution in [3.63, 3.8) is 0 Å². The maximum atomic E-state index is 13.5. The third kappa shape index (κ3) is 3.76. The average Bonchev–Trinajstić information content (AvgIpc) is 2.89. The number of halogens is 2. The summed E-state index contributed by atoms with van der Waals surface area (Å²) >= 11 is 0. The molecule has 20 heavy (non-hydrogen) atoms. The standard InChI is InChI=1S/C15H19F2NO2/c1-10(7-8-11-4-3-9-20-11)18-15(19)14-12(16)5-2-6-13(14)17/h2,5-6,10-11H,3-4,7-9H2,1H3,(H,18,19)/t10-,11-/m0/s1. The Labute approximate surface area is 117 Å². The molecular formula is C15H19F2NO2. The van der Waals surface area contributed by atoms with E-state index in [-0.39, 0.29) is 12.1 Å². The molecular weight excluding hydrogens is 264 g/mol. The summed E-state index contributed by atoms with van der Waals surface area (Å²) in [6.07, 6.45) is 3.95. The van der Waals surface area contributed by atoms with Gasteiger partial charge in [0, 0.05) is 12.6 Å². The van der Waals surface area contributed by atoms with Crippen LogP contribution in [0.1, 0.15) is 43.0 Å². The van der Waals surface area contributed by atoms with Gasteiger partial charge >= 0.3 is 0 Å². The molecule has 0 aromatic heterocycles. The number of hydrogen-bond donors (Lipinski definition) is 1. The van der Waals surface area contributed by atoms with E-state index in [1.165, 1.54) is 6.07 Å². The van der Waals surface area contributed by atoms with E-state index in [0.717, 1.165) is 44.4 Å². The zero-order chi connectivity index (χ0) is 14.5. The molecule has 1 aliphatic rings. The summed E-state index contributed by atoms with van der Waals surface area (Å²) in [6.45, 7) is 2.62. The predicted molar refractivity (Wildman–Crippen MR) is 71.5 cm³/mol. The number of carbonyl (C=O) groups excluding carboxylic acids is 1. The molecule has 0 radical (unpaired) electrons. The first-order valence-electron chi connectivity index (χ1n) is 6.94. The topological polar surface area (TPSA) is 38.3 Å². The van der Waals surface area contributed by atoms with Crippen LogP contribution >= 0.6 is 0 Å². The van der Waals surface area contributed by atoms with E-state index in [4.69, 9.17) is 4.74 Å². The second-order valence-corrected chi connectivity index (χ2v) is 5.18. The monoisotopic (exact) mass is 283 g/mol. The average molecular weight is 283 g/mol. The predicted octanol–water partition coefficient (Wildman–Crippen LogP) is 3.04. The lowest BCUT2D eigenvalue weighted by molar-refractivity contribution is 0.0892. The maximum Gasteiger partial charge on any atom is 0.257 e. The van der Waals surface area contributed by atoms with Crippen LogP contribution in [-0.2, 0) is 4.74 Å². The van der Waals surface area contributed by atoms with Gasteiger partial charge in [-0.15, -0.1) is 0 Å². The smallest absolute Gasteiger partial charge is 0.257 e. The first-order valence-corrected chi connectivity index (χ1v) is 6.94. The highest BCUT2D eigenvalue weighted by Gasteiger charge is 2.20. The molecule has 5 heteroatoms. The van der Waals surface area contributed by atoms with Crippen molar-refractivity contribution < 1.29 is 18.3 Å². The number of carbonyl (C=O) groups is 1. The quantitative estimate of drug-likeness (QED) is 0.902. The van der Waals surface area contributed by atoms with Gasteiger partial charge in [-0.3, -0.25) is 4.79 Å². The molecule has 0 spiro atoms. The van der Waals surface area contributed by atoms with Crippen LogP contribution in [0.15, 0.2) is 18.2 Å². The van der Waals surface area contributed by atoms with Gasteiger partial charge < -0.3 is 10.1 Å². The minimum Gasteiger partial charge on any atom is -0.378 e. The lowest BCUT2D eigenvalue weighted by Crippen LogP contribution is -2.34. The number of ether oxygens (including phenoxy) is 1. The summed E-state index contributed by atoms with van der Waals surface area (Å²) in [5.74, 6) is -2.39. The van der Waals surface area contributed by atoms with Crippen LogP contribution in [0.2, 0.25) is 0 Å². The lowest BCUT2D eigenvalue weighted by atomic mass is 10.1. The Hall–Kier alpha value is -1.49. The van der Waals surface area contributed by atoms with Crippen molar-refractivity contribution >= 4 is 5.91 Å². The van der Waals surface area contributed by atoms with Crippen molar-refractivity contribution in [2.75, 3.05) is 6.61 Å². The molecule has 1 N–H and O–H groups in total. The molecule has 1 saturated heterocycles. The highest BCUT2D eigenvalue weighted by Crippen LogP contribution is 2.18. The van der Waals surface area contributed by atoms with Gasteiger partial charge in [0.25, 0.3) is 5.91 Å². The summed E-state index contributed by atoms with van der Waals surface area (Å²) in [6, 6.07) is 3.25. The second-order valence-electron chi connectivity index (χ2n) is 5.18. The number of hydrogen-bond acceptors (Lipinski definition) is 2. The Morgan fingerprint density at radius 2 is 2.15 bits per heavy atom. The first kappa shape index (κ1) is 14.9. The van der Waals surface area contributed by atoms with Gasteiger partial charge in [0.1, 0.15) is 17.2 Å². The molecule has 0 aliphatic carbocycles. The van der Waals surface area contributed by atoms with E-state index in [2.05, 4.69) is 5.32 Å². The fraction of sp³-hybridized carbons (Fsp3) is 0.533. The third-order valence-corrected chi connectivity index (χ3v) is 3.51. The van der Waals surface area contributed by atoms with Crippen molar-refractivity contribution in [3.05, 3.63) is 35.4 Å². The summed E-state index contributed by atoms with van der Waals surface area (Å²) in [5.41, 5.74) is -0.517. The van der Waals surface area contributed by atoms with Gasteiger partial charge in [-0.25, -0.2) is 8.78 Å². The number of nitrogens with one attached hydrogen (secondary N) is 1. The van der Waals surface area contributed by atoms with Gasteiger partial charge in [-0.05, 0) is 44.7 Å². The molecule has 1 aliphatic heterocycles. The zero-order valence-corrected chi connectivity index (χ0v) is 11.5. The van der Waals surface area contributed by atoms with Gasteiger partial charge in [-0.1, -0.05) is 6.07 Å². The minimum absolute atomic E-state index is 0.147. The molecule has 1 aromatic carbocycles. The number of benzene rings is 1. The summed E-state index contributed by atoms with van der Waals surface area (Å²) in [7, 11) is 0. The largest absolute Gasteiger partial charge is 0.378 e. The van der Waals surface area contributed by atoms with Crippen LogP contribution in [0.25, 0.3) is 0 Å². The molecule has 0 saturated carbocycles. The van der Waals surface area contributed by atoms with E-state index in [1.54, 1.807) is 0 Å². The third-order valence-electron chi connectivity index (χ3n) is 3.51. The molecule has 1 aromatic rings. The van der Waals surface area contributed by atoms with Gasteiger partial charge in [0.2, 0.25) is 0 Å². The Bertz CT molecular complexity index is 453. The van der Waals surface area contributed by atoms with Gasteiger partial charge in [0.05, 0.1) is 6.10 Å². The Kier molecular flexibility index (Phi) is 5.06. The van der Waals surface area contributed by atoms with Crippen molar-refractivity contribution in [2.24, 2.45) is 0 Å². The normalized spacial score (nSPS) is 19.9. The van der Waals surface area contributed by atoms with Gasteiger partial charge in [0.15, 0.2) is 0 Å². The second kappa shape index (κ2) is 6.79. The Balaban J connectivity index is 1.87. The van der Waals surface area contributed by atoms with Crippen LogP contribution in [0.4, 0.5) is 8.78 Å². The van der Waals surface area contributed by atoms with E-state index in [0.29, 0.717) is 0 Å². The van der Waals surface area contributed by atoms with Crippen molar-refractivity contribution in [1.82, 2.24) is 5.32 Å². The SMILES string of the molecule is C[C@@H](CC[C@@H]1CCCO1)NC(=O)c1c(F)cccc1F. The molecule has 1 heterocycles. The highest BCUT2D eigenvalue weighted by molar-refractivity contribution is 5.94. The fourth-order valence-corrected chi connectivity index (χ4v) is 2.39. The molecule has 110 valence electrons. The Morgan fingerprint density at radius 1 is 1.45 bits per heavy atom. The summed E-state index contributed by atoms with van der Waals surface area (Å²) in [5, 5.41) is 2.63. The molecule has 0 bridgehead atoms. The van der Waals surface area contributed by atoms with Gasteiger partial charge in [-0.2, -0.15) is 0 Å². The van der Waals surface area contributed by atoms with Crippen molar-refractivity contribution in [3.8, 4) is 0 Å². The molecule has 2 rings (SSSR count). The number of rotatable bonds is 5.